The Balaban J connectivity index is 1.94. The minimum atomic E-state index is -1.08. The van der Waals surface area contributed by atoms with Crippen molar-refractivity contribution in [1.82, 2.24) is 9.80 Å². The monoisotopic (exact) mass is 323 g/mol. The SMILES string of the molecule is CCCS(=O)Nc1ccc(C(=O)N2CCN(C=O)CC2)cc1. The molecule has 0 radical (unpaired) electrons. The summed E-state index contributed by atoms with van der Waals surface area (Å²) in [7, 11) is -1.08. The number of benzene rings is 1. The van der Waals surface area contributed by atoms with E-state index in [1.807, 2.05) is 6.92 Å². The first kappa shape index (κ1) is 16.5. The quantitative estimate of drug-likeness (QED) is 0.797. The van der Waals surface area contributed by atoms with Crippen LogP contribution in [0.3, 0.4) is 0 Å². The van der Waals surface area contributed by atoms with Gasteiger partial charge >= 0.3 is 0 Å². The van der Waals surface area contributed by atoms with E-state index in [0.29, 0.717) is 37.5 Å². The molecule has 1 aromatic carbocycles. The van der Waals surface area contributed by atoms with Crippen LogP contribution >= 0.6 is 0 Å². The maximum atomic E-state index is 12.4. The summed E-state index contributed by atoms with van der Waals surface area (Å²) in [5.41, 5.74) is 1.35. The van der Waals surface area contributed by atoms with Crippen LogP contribution in [0.4, 0.5) is 5.69 Å². The van der Waals surface area contributed by atoms with Crippen LogP contribution in [0, 0.1) is 0 Å². The minimum Gasteiger partial charge on any atom is -0.342 e. The lowest BCUT2D eigenvalue weighted by molar-refractivity contribution is -0.119. The van der Waals surface area contributed by atoms with E-state index in [1.165, 1.54) is 0 Å². The number of anilines is 1. The van der Waals surface area contributed by atoms with Crippen LogP contribution in [0.2, 0.25) is 0 Å². The number of hydrogen-bond donors (Lipinski definition) is 1. The van der Waals surface area contributed by atoms with Gasteiger partial charge in [0.15, 0.2) is 0 Å². The van der Waals surface area contributed by atoms with Crippen LogP contribution in [-0.2, 0) is 15.8 Å². The van der Waals surface area contributed by atoms with Gasteiger partial charge in [0.25, 0.3) is 5.91 Å². The van der Waals surface area contributed by atoms with E-state index in [1.54, 1.807) is 34.1 Å². The van der Waals surface area contributed by atoms with Gasteiger partial charge in [-0.3, -0.25) is 9.59 Å². The van der Waals surface area contributed by atoms with E-state index in [-0.39, 0.29) is 5.91 Å². The van der Waals surface area contributed by atoms with Gasteiger partial charge in [-0.1, -0.05) is 6.92 Å². The van der Waals surface area contributed by atoms with Crippen LogP contribution in [-0.4, -0.2) is 58.3 Å². The molecule has 2 amide bonds. The summed E-state index contributed by atoms with van der Waals surface area (Å²) in [6.07, 6.45) is 1.67. The fraction of sp³-hybridized carbons (Fsp3) is 0.467. The number of nitrogens with one attached hydrogen (secondary N) is 1. The highest BCUT2D eigenvalue weighted by atomic mass is 32.2. The van der Waals surface area contributed by atoms with E-state index in [2.05, 4.69) is 4.72 Å². The van der Waals surface area contributed by atoms with Gasteiger partial charge in [-0.05, 0) is 30.7 Å². The molecule has 0 bridgehead atoms. The summed E-state index contributed by atoms with van der Waals surface area (Å²) in [5, 5.41) is 0. The zero-order valence-corrected chi connectivity index (χ0v) is 13.5. The molecule has 1 aliphatic rings. The van der Waals surface area contributed by atoms with Crippen molar-refractivity contribution in [1.29, 1.82) is 0 Å². The van der Waals surface area contributed by atoms with Crippen molar-refractivity contribution in [3.8, 4) is 0 Å². The molecule has 120 valence electrons. The third-order valence-corrected chi connectivity index (χ3v) is 4.75. The second-order valence-corrected chi connectivity index (χ2v) is 6.47. The Morgan fingerprint density at radius 2 is 1.86 bits per heavy atom. The predicted octanol–water partition coefficient (Wildman–Crippen LogP) is 1.09. The van der Waals surface area contributed by atoms with E-state index in [9.17, 15) is 13.8 Å². The van der Waals surface area contributed by atoms with Gasteiger partial charge in [0.05, 0.1) is 0 Å². The Kier molecular flexibility index (Phi) is 5.94. The molecule has 1 heterocycles. The molecule has 2 rings (SSSR count). The first-order chi connectivity index (χ1) is 10.6. The van der Waals surface area contributed by atoms with Gasteiger partial charge < -0.3 is 14.5 Å². The Morgan fingerprint density at radius 1 is 1.23 bits per heavy atom. The largest absolute Gasteiger partial charge is 0.342 e. The zero-order valence-electron chi connectivity index (χ0n) is 12.7. The number of hydrogen-bond acceptors (Lipinski definition) is 3. The summed E-state index contributed by atoms with van der Waals surface area (Å²) in [5.74, 6) is 0.564. The van der Waals surface area contributed by atoms with Crippen molar-refractivity contribution in [2.45, 2.75) is 13.3 Å². The first-order valence-corrected chi connectivity index (χ1v) is 8.69. The van der Waals surface area contributed by atoms with Crippen LogP contribution < -0.4 is 4.72 Å². The van der Waals surface area contributed by atoms with Gasteiger partial charge in [0.2, 0.25) is 6.41 Å². The highest BCUT2D eigenvalue weighted by Gasteiger charge is 2.21. The molecule has 1 N–H and O–H groups in total. The summed E-state index contributed by atoms with van der Waals surface area (Å²) in [6, 6.07) is 7.00. The number of piperazine rings is 1. The van der Waals surface area contributed by atoms with Gasteiger partial charge in [0.1, 0.15) is 11.0 Å². The Hall–Kier alpha value is -1.89. The van der Waals surface area contributed by atoms with Gasteiger partial charge in [-0.2, -0.15) is 0 Å². The minimum absolute atomic E-state index is 0.0354. The molecule has 1 atom stereocenters. The molecular weight excluding hydrogens is 302 g/mol. The molecular formula is C15H21N3O3S. The summed E-state index contributed by atoms with van der Waals surface area (Å²) >= 11 is 0. The molecule has 22 heavy (non-hydrogen) atoms. The molecule has 1 aromatic rings. The molecule has 1 aliphatic heterocycles. The van der Waals surface area contributed by atoms with E-state index in [4.69, 9.17) is 0 Å². The number of amides is 2. The van der Waals surface area contributed by atoms with Gasteiger partial charge in [0, 0.05) is 43.2 Å². The Bertz CT molecular complexity index is 539. The molecule has 0 saturated carbocycles. The standard InChI is InChI=1S/C15H21N3O3S/c1-2-11-22(21)16-14-5-3-13(4-6-14)15(20)18-9-7-17(12-19)8-10-18/h3-6,12,16H,2,7-11H2,1H3. The molecule has 6 nitrogen and oxygen atoms in total. The normalized spacial score (nSPS) is 16.2. The topological polar surface area (TPSA) is 69.7 Å². The lowest BCUT2D eigenvalue weighted by Crippen LogP contribution is -2.48. The molecule has 1 saturated heterocycles. The van der Waals surface area contributed by atoms with Crippen molar-refractivity contribution in [3.05, 3.63) is 29.8 Å². The summed E-state index contributed by atoms with van der Waals surface area (Å²) in [6.45, 7) is 4.23. The molecule has 7 heteroatoms. The van der Waals surface area contributed by atoms with E-state index < -0.39 is 11.0 Å². The molecule has 0 spiro atoms. The van der Waals surface area contributed by atoms with Crippen LogP contribution in [0.15, 0.2) is 24.3 Å². The predicted molar refractivity (Wildman–Crippen MR) is 86.9 cm³/mol. The second kappa shape index (κ2) is 7.93. The molecule has 0 aliphatic carbocycles. The number of carbonyl (C=O) groups excluding carboxylic acids is 2. The van der Waals surface area contributed by atoms with Crippen molar-refractivity contribution in [3.63, 3.8) is 0 Å². The Labute approximate surface area is 133 Å². The highest BCUT2D eigenvalue weighted by Crippen LogP contribution is 2.13. The van der Waals surface area contributed by atoms with E-state index >= 15 is 0 Å². The number of rotatable bonds is 6. The van der Waals surface area contributed by atoms with Crippen LogP contribution in [0.25, 0.3) is 0 Å². The fourth-order valence-electron chi connectivity index (χ4n) is 2.26. The van der Waals surface area contributed by atoms with Crippen molar-refractivity contribution in [2.24, 2.45) is 0 Å². The average molecular weight is 323 g/mol. The highest BCUT2D eigenvalue weighted by molar-refractivity contribution is 7.86. The second-order valence-electron chi connectivity index (χ2n) is 5.16. The molecule has 1 fully saturated rings. The number of nitrogens with zero attached hydrogens (tertiary/aromatic N) is 2. The Morgan fingerprint density at radius 3 is 2.41 bits per heavy atom. The zero-order chi connectivity index (χ0) is 15.9. The van der Waals surface area contributed by atoms with Crippen molar-refractivity contribution < 1.29 is 13.8 Å². The van der Waals surface area contributed by atoms with Crippen molar-refractivity contribution >= 4 is 29.0 Å². The van der Waals surface area contributed by atoms with E-state index in [0.717, 1.165) is 18.5 Å². The lowest BCUT2D eigenvalue weighted by atomic mass is 10.1. The third-order valence-electron chi connectivity index (χ3n) is 3.50. The maximum Gasteiger partial charge on any atom is 0.253 e. The summed E-state index contributed by atoms with van der Waals surface area (Å²) < 4.78 is 14.5. The molecule has 0 aromatic heterocycles. The molecule has 1 unspecified atom stereocenters. The third kappa shape index (κ3) is 4.30. The van der Waals surface area contributed by atoms with Crippen LogP contribution in [0.5, 0.6) is 0 Å². The van der Waals surface area contributed by atoms with Crippen LogP contribution in [0.1, 0.15) is 23.7 Å². The first-order valence-electron chi connectivity index (χ1n) is 7.37. The van der Waals surface area contributed by atoms with Gasteiger partial charge in [-0.15, -0.1) is 0 Å². The number of carbonyl (C=O) groups is 2. The average Bonchev–Trinajstić information content (AvgIpc) is 2.55. The van der Waals surface area contributed by atoms with Crippen molar-refractivity contribution in [2.75, 3.05) is 36.7 Å². The van der Waals surface area contributed by atoms with Gasteiger partial charge in [-0.25, -0.2) is 4.21 Å². The maximum absolute atomic E-state index is 12.4. The lowest BCUT2D eigenvalue weighted by Gasteiger charge is -2.32. The fourth-order valence-corrected chi connectivity index (χ4v) is 3.13. The smallest absolute Gasteiger partial charge is 0.253 e. The summed E-state index contributed by atoms with van der Waals surface area (Å²) in [4.78, 5) is 26.5.